The van der Waals surface area contributed by atoms with Crippen LogP contribution in [0.1, 0.15) is 11.6 Å². The topological polar surface area (TPSA) is 17.5 Å². The first-order chi connectivity index (χ1) is 9.83. The van der Waals surface area contributed by atoms with Gasteiger partial charge in [-0.3, -0.25) is 0 Å². The van der Waals surface area contributed by atoms with Gasteiger partial charge in [0.15, 0.2) is 0 Å². The van der Waals surface area contributed by atoms with Crippen molar-refractivity contribution in [3.05, 3.63) is 72.2 Å². The van der Waals surface area contributed by atoms with E-state index in [0.717, 1.165) is 17.7 Å². The van der Waals surface area contributed by atoms with Gasteiger partial charge < -0.3 is 9.30 Å². The molecule has 1 aliphatic rings. The monoisotopic (exact) mass is 267 g/mol. The number of ether oxygens (including phenoxy) is 1. The standard InChI is InChI=1S/C17H14FNO/c18-14-6-3-5-13(10-14)17(16-11-20-16)19-9-8-12-4-1-2-7-15(12)19/h1-10,16-17H,11H2/t16-,17-/m0/s1. The van der Waals surface area contributed by atoms with E-state index in [-0.39, 0.29) is 18.0 Å². The van der Waals surface area contributed by atoms with E-state index in [9.17, 15) is 4.39 Å². The maximum Gasteiger partial charge on any atom is 0.123 e. The van der Waals surface area contributed by atoms with E-state index in [2.05, 4.69) is 29.0 Å². The van der Waals surface area contributed by atoms with Gasteiger partial charge in [-0.05, 0) is 35.2 Å². The molecule has 0 amide bonds. The highest BCUT2D eigenvalue weighted by atomic mass is 19.1. The summed E-state index contributed by atoms with van der Waals surface area (Å²) in [7, 11) is 0. The van der Waals surface area contributed by atoms with Crippen LogP contribution in [0.2, 0.25) is 0 Å². The van der Waals surface area contributed by atoms with Gasteiger partial charge in [0.05, 0.1) is 12.6 Å². The average molecular weight is 267 g/mol. The SMILES string of the molecule is Fc1cccc([C@@H]([C@@H]2CO2)n2ccc3ccccc32)c1. The highest BCUT2D eigenvalue weighted by Gasteiger charge is 2.35. The summed E-state index contributed by atoms with van der Waals surface area (Å²) >= 11 is 0. The van der Waals surface area contributed by atoms with Gasteiger partial charge in [0.25, 0.3) is 0 Å². The van der Waals surface area contributed by atoms with Crippen molar-refractivity contribution in [2.75, 3.05) is 6.61 Å². The summed E-state index contributed by atoms with van der Waals surface area (Å²) in [5.41, 5.74) is 2.10. The minimum atomic E-state index is -0.204. The van der Waals surface area contributed by atoms with Crippen molar-refractivity contribution < 1.29 is 9.13 Å². The van der Waals surface area contributed by atoms with E-state index in [1.54, 1.807) is 12.1 Å². The third-order valence-electron chi connectivity index (χ3n) is 3.83. The summed E-state index contributed by atoms with van der Waals surface area (Å²) in [5, 5.41) is 1.19. The van der Waals surface area contributed by atoms with Gasteiger partial charge >= 0.3 is 0 Å². The van der Waals surface area contributed by atoms with Crippen molar-refractivity contribution in [3.8, 4) is 0 Å². The normalized spacial score (nSPS) is 19.1. The summed E-state index contributed by atoms with van der Waals surface area (Å²) in [6.07, 6.45) is 2.19. The Bertz CT molecular complexity index is 760. The molecular formula is C17H14FNO. The van der Waals surface area contributed by atoms with Gasteiger partial charge in [-0.1, -0.05) is 30.3 Å². The zero-order valence-corrected chi connectivity index (χ0v) is 10.9. The van der Waals surface area contributed by atoms with Gasteiger partial charge in [-0.2, -0.15) is 0 Å². The van der Waals surface area contributed by atoms with E-state index < -0.39 is 0 Å². The smallest absolute Gasteiger partial charge is 0.123 e. The number of rotatable bonds is 3. The van der Waals surface area contributed by atoms with Crippen LogP contribution in [0, 0.1) is 5.82 Å². The molecule has 3 aromatic rings. The van der Waals surface area contributed by atoms with Crippen LogP contribution < -0.4 is 0 Å². The fourth-order valence-corrected chi connectivity index (χ4v) is 2.83. The Morgan fingerprint density at radius 2 is 1.95 bits per heavy atom. The Kier molecular flexibility index (Phi) is 2.60. The zero-order chi connectivity index (χ0) is 13.5. The molecule has 3 heteroatoms. The number of para-hydroxylation sites is 1. The number of epoxide rings is 1. The van der Waals surface area contributed by atoms with Crippen LogP contribution in [0.25, 0.3) is 10.9 Å². The summed E-state index contributed by atoms with van der Waals surface area (Å²) in [6.45, 7) is 0.730. The van der Waals surface area contributed by atoms with Crippen molar-refractivity contribution in [1.29, 1.82) is 0 Å². The molecule has 0 N–H and O–H groups in total. The average Bonchev–Trinajstić information content (AvgIpc) is 3.20. The lowest BCUT2D eigenvalue weighted by molar-refractivity contribution is 0.356. The van der Waals surface area contributed by atoms with Gasteiger partial charge in [-0.25, -0.2) is 4.39 Å². The minimum Gasteiger partial charge on any atom is -0.370 e. The van der Waals surface area contributed by atoms with Crippen molar-refractivity contribution in [1.82, 2.24) is 4.57 Å². The number of hydrogen-bond acceptors (Lipinski definition) is 1. The third-order valence-corrected chi connectivity index (χ3v) is 3.83. The number of hydrogen-bond donors (Lipinski definition) is 0. The van der Waals surface area contributed by atoms with Gasteiger partial charge in [0.1, 0.15) is 11.9 Å². The molecule has 2 heterocycles. The quantitative estimate of drug-likeness (QED) is 0.660. The molecule has 2 aromatic carbocycles. The maximum atomic E-state index is 13.5. The Morgan fingerprint density at radius 1 is 1.10 bits per heavy atom. The summed E-state index contributed by atoms with van der Waals surface area (Å²) in [5.74, 6) is -0.204. The Hall–Kier alpha value is -2.13. The molecule has 100 valence electrons. The largest absolute Gasteiger partial charge is 0.370 e. The highest BCUT2D eigenvalue weighted by molar-refractivity contribution is 5.80. The molecule has 2 nitrogen and oxygen atoms in total. The Labute approximate surface area is 116 Å². The second-order valence-electron chi connectivity index (χ2n) is 5.15. The Balaban J connectivity index is 1.87. The fourth-order valence-electron chi connectivity index (χ4n) is 2.83. The number of aromatic nitrogens is 1. The van der Waals surface area contributed by atoms with Gasteiger partial charge in [0.2, 0.25) is 0 Å². The van der Waals surface area contributed by atoms with Gasteiger partial charge in [-0.15, -0.1) is 0 Å². The van der Waals surface area contributed by atoms with Crippen molar-refractivity contribution >= 4 is 10.9 Å². The van der Waals surface area contributed by atoms with Crippen LogP contribution in [0.5, 0.6) is 0 Å². The molecular weight excluding hydrogens is 253 g/mol. The van der Waals surface area contributed by atoms with Crippen LogP contribution in [0.3, 0.4) is 0 Å². The van der Waals surface area contributed by atoms with Crippen LogP contribution in [-0.4, -0.2) is 17.3 Å². The lowest BCUT2D eigenvalue weighted by Crippen LogP contribution is -2.16. The second kappa shape index (κ2) is 4.46. The van der Waals surface area contributed by atoms with E-state index in [1.807, 2.05) is 18.2 Å². The lowest BCUT2D eigenvalue weighted by atomic mass is 10.0. The molecule has 1 fully saturated rings. The molecule has 0 unspecified atom stereocenters. The first kappa shape index (κ1) is 11.7. The predicted octanol–water partition coefficient (Wildman–Crippen LogP) is 3.77. The summed E-state index contributed by atoms with van der Waals surface area (Å²) < 4.78 is 21.2. The van der Waals surface area contributed by atoms with Crippen LogP contribution in [-0.2, 0) is 4.74 Å². The lowest BCUT2D eigenvalue weighted by Gasteiger charge is -2.19. The first-order valence-corrected chi connectivity index (χ1v) is 6.75. The molecule has 1 aliphatic heterocycles. The number of nitrogens with zero attached hydrogens (tertiary/aromatic N) is 1. The summed E-state index contributed by atoms with van der Waals surface area (Å²) in [6, 6.07) is 17.1. The van der Waals surface area contributed by atoms with E-state index in [0.29, 0.717) is 0 Å². The molecule has 0 saturated carbocycles. The molecule has 4 rings (SSSR count). The first-order valence-electron chi connectivity index (χ1n) is 6.75. The molecule has 0 aliphatic carbocycles. The Morgan fingerprint density at radius 3 is 2.75 bits per heavy atom. The van der Waals surface area contributed by atoms with E-state index in [4.69, 9.17) is 4.74 Å². The minimum absolute atomic E-state index is 0.0330. The number of benzene rings is 2. The molecule has 0 spiro atoms. The molecule has 2 atom stereocenters. The van der Waals surface area contributed by atoms with E-state index >= 15 is 0 Å². The highest BCUT2D eigenvalue weighted by Crippen LogP contribution is 2.34. The number of fused-ring (bicyclic) bond motifs is 1. The molecule has 1 aromatic heterocycles. The maximum absolute atomic E-state index is 13.5. The number of halogens is 1. The molecule has 20 heavy (non-hydrogen) atoms. The van der Waals surface area contributed by atoms with Crippen LogP contribution in [0.4, 0.5) is 4.39 Å². The molecule has 1 saturated heterocycles. The molecule has 0 bridgehead atoms. The summed E-state index contributed by atoms with van der Waals surface area (Å²) in [4.78, 5) is 0. The van der Waals surface area contributed by atoms with Crippen molar-refractivity contribution in [2.45, 2.75) is 12.1 Å². The van der Waals surface area contributed by atoms with E-state index in [1.165, 1.54) is 11.5 Å². The third kappa shape index (κ3) is 1.91. The van der Waals surface area contributed by atoms with Crippen molar-refractivity contribution in [2.24, 2.45) is 0 Å². The van der Waals surface area contributed by atoms with Crippen LogP contribution in [0.15, 0.2) is 60.8 Å². The van der Waals surface area contributed by atoms with Gasteiger partial charge in [0, 0.05) is 11.7 Å². The second-order valence-corrected chi connectivity index (χ2v) is 5.15. The van der Waals surface area contributed by atoms with Crippen molar-refractivity contribution in [3.63, 3.8) is 0 Å². The predicted molar refractivity (Wildman–Crippen MR) is 76.2 cm³/mol. The van der Waals surface area contributed by atoms with Crippen LogP contribution >= 0.6 is 0 Å². The fraction of sp³-hybridized carbons (Fsp3) is 0.176. The molecule has 0 radical (unpaired) electrons. The zero-order valence-electron chi connectivity index (χ0n) is 10.9.